The molecule has 0 aromatic carbocycles. The maximum atomic E-state index is 2.29. The summed E-state index contributed by atoms with van der Waals surface area (Å²) in [6, 6.07) is 0. The highest BCUT2D eigenvalue weighted by Crippen LogP contribution is 2.13. The summed E-state index contributed by atoms with van der Waals surface area (Å²) in [5, 5.41) is 0. The van der Waals surface area contributed by atoms with E-state index in [0.29, 0.717) is 0 Å². The fourth-order valence-corrected chi connectivity index (χ4v) is 2.44. The Kier molecular flexibility index (Phi) is 22.6. The molecule has 0 fully saturated rings. The predicted octanol–water partition coefficient (Wildman–Crippen LogP) is 6.99. The van der Waals surface area contributed by atoms with Crippen LogP contribution in [0.2, 0.25) is 0 Å². The molecule has 0 atom stereocenters. The maximum Gasteiger partial charge on any atom is -0.0533 e. The Morgan fingerprint density at radius 1 is 0.333 bits per heavy atom. The molecule has 0 aliphatic carbocycles. The zero-order chi connectivity index (χ0) is 12.6. The molecular weight excluding hydrogens is 236 g/mol. The monoisotopic (exact) mass is 274 g/mol. The fourth-order valence-electron chi connectivity index (χ4n) is 2.44. The third-order valence-corrected chi connectivity index (χ3v) is 3.71. The first-order valence-electron chi connectivity index (χ1n) is 8.41. The summed E-state index contributed by atoms with van der Waals surface area (Å²) in [6.45, 7) is 4.58. The summed E-state index contributed by atoms with van der Waals surface area (Å²) in [6.07, 6.45) is 21.9. The molecule has 0 heterocycles. The van der Waals surface area contributed by atoms with Gasteiger partial charge in [-0.3, -0.25) is 0 Å². The van der Waals surface area contributed by atoms with E-state index in [-0.39, 0.29) is 13.5 Å². The Labute approximate surface area is 124 Å². The van der Waals surface area contributed by atoms with Crippen molar-refractivity contribution in [1.82, 2.24) is 0 Å². The molecule has 0 radical (unpaired) electrons. The molecule has 0 aliphatic heterocycles. The maximum absolute atomic E-state index is 2.29. The molecule has 0 saturated carbocycles. The van der Waals surface area contributed by atoms with Crippen LogP contribution in [0.3, 0.4) is 0 Å². The molecule has 0 amide bonds. The Bertz CT molecular complexity index is 109. The SMILES string of the molecule is CCCCCCCCCCCCCCCCC.S. The molecule has 0 N–H and O–H groups in total. The van der Waals surface area contributed by atoms with Gasteiger partial charge in [-0.05, 0) is 0 Å². The number of rotatable bonds is 14. The van der Waals surface area contributed by atoms with Crippen LogP contribution in [-0.2, 0) is 0 Å². The quantitative estimate of drug-likeness (QED) is 0.299. The Balaban J connectivity index is 0. The van der Waals surface area contributed by atoms with Crippen LogP contribution in [0.25, 0.3) is 0 Å². The summed E-state index contributed by atoms with van der Waals surface area (Å²) in [5.41, 5.74) is 0. The van der Waals surface area contributed by atoms with Crippen LogP contribution in [0.5, 0.6) is 0 Å². The molecule has 18 heavy (non-hydrogen) atoms. The molecule has 0 aliphatic rings. The van der Waals surface area contributed by atoms with Crippen molar-refractivity contribution in [2.45, 2.75) is 110 Å². The molecule has 0 aromatic heterocycles. The highest BCUT2D eigenvalue weighted by atomic mass is 32.1. The van der Waals surface area contributed by atoms with Crippen LogP contribution in [0.1, 0.15) is 110 Å². The van der Waals surface area contributed by atoms with Crippen molar-refractivity contribution in [3.8, 4) is 0 Å². The van der Waals surface area contributed by atoms with E-state index in [4.69, 9.17) is 0 Å². The molecule has 112 valence electrons. The molecule has 0 nitrogen and oxygen atoms in total. The Morgan fingerprint density at radius 3 is 0.667 bits per heavy atom. The zero-order valence-corrected chi connectivity index (χ0v) is 14.1. The lowest BCUT2D eigenvalue weighted by molar-refractivity contribution is 0.534. The molecule has 0 rings (SSSR count). The highest BCUT2D eigenvalue weighted by molar-refractivity contribution is 7.59. The second-order valence-corrected chi connectivity index (χ2v) is 5.60. The topological polar surface area (TPSA) is 0 Å². The third kappa shape index (κ3) is 18.7. The lowest BCUT2D eigenvalue weighted by Crippen LogP contribution is -1.82. The van der Waals surface area contributed by atoms with Gasteiger partial charge in [0.05, 0.1) is 0 Å². The summed E-state index contributed by atoms with van der Waals surface area (Å²) < 4.78 is 0. The molecule has 0 spiro atoms. The first-order chi connectivity index (χ1) is 8.41. The molecule has 0 bridgehead atoms. The van der Waals surface area contributed by atoms with Crippen molar-refractivity contribution < 1.29 is 0 Å². The van der Waals surface area contributed by atoms with Crippen LogP contribution in [-0.4, -0.2) is 0 Å². The van der Waals surface area contributed by atoms with Crippen LogP contribution < -0.4 is 0 Å². The van der Waals surface area contributed by atoms with E-state index >= 15 is 0 Å². The summed E-state index contributed by atoms with van der Waals surface area (Å²) in [4.78, 5) is 0. The van der Waals surface area contributed by atoms with Crippen molar-refractivity contribution in [1.29, 1.82) is 0 Å². The Morgan fingerprint density at radius 2 is 0.500 bits per heavy atom. The first kappa shape index (κ1) is 20.7. The van der Waals surface area contributed by atoms with E-state index in [2.05, 4.69) is 13.8 Å². The van der Waals surface area contributed by atoms with Gasteiger partial charge in [0.1, 0.15) is 0 Å². The van der Waals surface area contributed by atoms with Crippen molar-refractivity contribution in [3.05, 3.63) is 0 Å². The molecule has 0 aromatic rings. The molecule has 0 saturated heterocycles. The van der Waals surface area contributed by atoms with E-state index in [1.54, 1.807) is 0 Å². The largest absolute Gasteiger partial charge is 0.197 e. The minimum Gasteiger partial charge on any atom is -0.197 e. The van der Waals surface area contributed by atoms with Gasteiger partial charge in [0.2, 0.25) is 0 Å². The van der Waals surface area contributed by atoms with Crippen molar-refractivity contribution in [3.63, 3.8) is 0 Å². The Hall–Kier alpha value is 0.350. The van der Waals surface area contributed by atoms with Gasteiger partial charge < -0.3 is 0 Å². The molecule has 0 unspecified atom stereocenters. The lowest BCUT2D eigenvalue weighted by Gasteiger charge is -2.02. The van der Waals surface area contributed by atoms with Crippen LogP contribution in [0.4, 0.5) is 0 Å². The van der Waals surface area contributed by atoms with Gasteiger partial charge in [-0.15, -0.1) is 0 Å². The molecular formula is C17H38S. The van der Waals surface area contributed by atoms with Gasteiger partial charge in [0.25, 0.3) is 0 Å². The summed E-state index contributed by atoms with van der Waals surface area (Å²) in [7, 11) is 0. The number of hydrogen-bond donors (Lipinski definition) is 0. The lowest BCUT2D eigenvalue weighted by atomic mass is 10.0. The summed E-state index contributed by atoms with van der Waals surface area (Å²) >= 11 is 0. The van der Waals surface area contributed by atoms with E-state index in [9.17, 15) is 0 Å². The van der Waals surface area contributed by atoms with E-state index in [0.717, 1.165) is 0 Å². The van der Waals surface area contributed by atoms with Gasteiger partial charge in [0, 0.05) is 0 Å². The van der Waals surface area contributed by atoms with Crippen LogP contribution in [0.15, 0.2) is 0 Å². The third-order valence-electron chi connectivity index (χ3n) is 3.71. The number of hydrogen-bond acceptors (Lipinski definition) is 0. The van der Waals surface area contributed by atoms with Gasteiger partial charge in [-0.2, -0.15) is 13.5 Å². The van der Waals surface area contributed by atoms with E-state index in [1.807, 2.05) is 0 Å². The van der Waals surface area contributed by atoms with Crippen molar-refractivity contribution >= 4 is 13.5 Å². The van der Waals surface area contributed by atoms with Gasteiger partial charge in [-0.1, -0.05) is 110 Å². The van der Waals surface area contributed by atoms with Crippen molar-refractivity contribution in [2.24, 2.45) is 0 Å². The average Bonchev–Trinajstić information content (AvgIpc) is 2.35. The predicted molar refractivity (Wildman–Crippen MR) is 91.0 cm³/mol. The smallest absolute Gasteiger partial charge is 0.0533 e. The first-order valence-corrected chi connectivity index (χ1v) is 8.41. The normalized spacial score (nSPS) is 10.3. The fraction of sp³-hybridized carbons (Fsp3) is 1.00. The second kappa shape index (κ2) is 19.7. The van der Waals surface area contributed by atoms with Gasteiger partial charge >= 0.3 is 0 Å². The molecule has 1 heteroatoms. The van der Waals surface area contributed by atoms with Crippen LogP contribution in [0, 0.1) is 0 Å². The average molecular weight is 275 g/mol. The van der Waals surface area contributed by atoms with E-state index in [1.165, 1.54) is 96.3 Å². The summed E-state index contributed by atoms with van der Waals surface area (Å²) in [5.74, 6) is 0. The zero-order valence-electron chi connectivity index (χ0n) is 13.1. The van der Waals surface area contributed by atoms with Crippen molar-refractivity contribution in [2.75, 3.05) is 0 Å². The van der Waals surface area contributed by atoms with Gasteiger partial charge in [0.15, 0.2) is 0 Å². The number of unbranched alkanes of at least 4 members (excludes halogenated alkanes) is 14. The minimum atomic E-state index is 0. The second-order valence-electron chi connectivity index (χ2n) is 5.60. The standard InChI is InChI=1S/C17H36.H2S/c1-3-5-7-9-11-13-15-17-16-14-12-10-8-6-4-2;/h3-17H2,1-2H3;1H2. The van der Waals surface area contributed by atoms with E-state index < -0.39 is 0 Å². The minimum absolute atomic E-state index is 0. The van der Waals surface area contributed by atoms with Crippen LogP contribution >= 0.6 is 13.5 Å². The highest BCUT2D eigenvalue weighted by Gasteiger charge is 1.93. The van der Waals surface area contributed by atoms with Gasteiger partial charge in [-0.25, -0.2) is 0 Å².